The van der Waals surface area contributed by atoms with E-state index < -0.39 is 188 Å². The Bertz CT molecular complexity index is 4380. The largest absolute Gasteiger partial charge is 0.480 e. The lowest BCUT2D eigenvalue weighted by Crippen LogP contribution is -2.61. The summed E-state index contributed by atoms with van der Waals surface area (Å²) in [6.07, 6.45) is -1.71. The van der Waals surface area contributed by atoms with Crippen LogP contribution in [-0.2, 0) is 73.5 Å². The van der Waals surface area contributed by atoms with Crippen LogP contribution in [0.5, 0.6) is 0 Å². The molecule has 0 bridgehead atoms. The number of aliphatic hydroxyl groups excluding tert-OH is 2. The van der Waals surface area contributed by atoms with Crippen molar-refractivity contribution in [3.8, 4) is 0 Å². The van der Waals surface area contributed by atoms with Gasteiger partial charge in [-0.25, -0.2) is 4.79 Å². The van der Waals surface area contributed by atoms with Crippen molar-refractivity contribution in [1.82, 2.24) is 83.5 Å². The Morgan fingerprint density at radius 1 is 0.658 bits per heavy atom. The SMILES string of the molecule is CNC(=O)c1ccccc1Sc1ccc2c(/C=C/c3ccccn3)nn(C(=O)N(CCNC(=O)CC[C@H](N)C(=O)O)CCC(=O)OCCC(=O)N[C@H](C(=O)N[C@@H](CCN)C(=O)N[C@H]3CCNC(=O)[C@H]([C@@H](C)O)NC(=O)[C@H](CCN)NC(=O)[C@H](CCN)NC(=O)[C@H](CC(C)C)NC(=O)[C@@H](Cc4ccccc4)NC(=O)[C@H](CCN)NC3=O)[C@@H](C)O)c2c1. The Kier molecular flexibility index (Phi) is 40.0. The molecular weight excluding hydrogens is 1580 g/mol. The highest BCUT2D eigenvalue weighted by Crippen LogP contribution is 2.34. The minimum Gasteiger partial charge on any atom is -0.480 e. The van der Waals surface area contributed by atoms with E-state index in [4.69, 9.17) is 38.5 Å². The van der Waals surface area contributed by atoms with E-state index >= 15 is 0 Å². The first-order valence-corrected chi connectivity index (χ1v) is 40.1. The summed E-state index contributed by atoms with van der Waals surface area (Å²) < 4.78 is 6.53. The van der Waals surface area contributed by atoms with E-state index in [-0.39, 0.29) is 109 Å². The topological polar surface area (TPSA) is 634 Å². The Labute approximate surface area is 697 Å². The highest BCUT2D eigenvalue weighted by Gasteiger charge is 2.38. The highest BCUT2D eigenvalue weighted by molar-refractivity contribution is 7.99. The van der Waals surface area contributed by atoms with Gasteiger partial charge < -0.3 is 117 Å². The summed E-state index contributed by atoms with van der Waals surface area (Å²) in [7, 11) is 1.50. The van der Waals surface area contributed by atoms with Crippen molar-refractivity contribution in [1.29, 1.82) is 0 Å². The van der Waals surface area contributed by atoms with E-state index in [1.54, 1.807) is 123 Å². The second-order valence-electron chi connectivity index (χ2n) is 28.7. The number of aromatic nitrogens is 3. The molecule has 0 aliphatic carbocycles. The molecule has 1 fully saturated rings. The predicted molar refractivity (Wildman–Crippen MR) is 440 cm³/mol. The second kappa shape index (κ2) is 49.5. The van der Waals surface area contributed by atoms with Crippen molar-refractivity contribution in [3.05, 3.63) is 120 Å². The maximum atomic E-state index is 15.0. The third-order valence-corrected chi connectivity index (χ3v) is 19.9. The number of rotatable bonds is 37. The average Bonchev–Trinajstić information content (AvgIpc) is 1.62. The van der Waals surface area contributed by atoms with Gasteiger partial charge in [0, 0.05) is 67.4 Å². The molecule has 1 aliphatic rings. The van der Waals surface area contributed by atoms with Crippen LogP contribution in [-0.4, -0.2) is 262 Å². The molecule has 652 valence electrons. The number of nitrogens with one attached hydrogen (secondary N) is 12. The first-order chi connectivity index (χ1) is 57.3. The number of ether oxygens (including phenoxy) is 1. The van der Waals surface area contributed by atoms with Crippen molar-refractivity contribution in [2.24, 2.45) is 34.6 Å². The number of esters is 1. The third-order valence-electron chi connectivity index (χ3n) is 18.8. The molecule has 3 aromatic carbocycles. The molecular formula is C79H111N21O19S. The second-order valence-corrected chi connectivity index (χ2v) is 29.8. The van der Waals surface area contributed by atoms with Crippen LogP contribution < -0.4 is 92.5 Å². The molecule has 2 aromatic heterocycles. The van der Waals surface area contributed by atoms with Crippen molar-refractivity contribution >= 4 is 124 Å². The van der Waals surface area contributed by atoms with Crippen molar-refractivity contribution in [2.75, 3.05) is 66.0 Å². The van der Waals surface area contributed by atoms with Gasteiger partial charge in [-0.15, -0.1) is 0 Å². The van der Waals surface area contributed by atoms with Gasteiger partial charge in [-0.05, 0) is 151 Å². The molecule has 120 heavy (non-hydrogen) atoms. The van der Waals surface area contributed by atoms with E-state index in [2.05, 4.69) is 68.8 Å². The molecule has 0 saturated carbocycles. The van der Waals surface area contributed by atoms with Crippen LogP contribution in [0.3, 0.4) is 0 Å². The van der Waals surface area contributed by atoms with Gasteiger partial charge in [0.2, 0.25) is 65.0 Å². The van der Waals surface area contributed by atoms with Gasteiger partial charge in [0.25, 0.3) is 5.91 Å². The summed E-state index contributed by atoms with van der Waals surface area (Å²) in [5, 5.41) is 66.8. The fourth-order valence-electron chi connectivity index (χ4n) is 12.3. The van der Waals surface area contributed by atoms with Crippen molar-refractivity contribution in [2.45, 2.75) is 181 Å². The third kappa shape index (κ3) is 30.8. The number of nitrogens with zero attached hydrogens (tertiary/aromatic N) is 4. The molecule has 1 aliphatic heterocycles. The summed E-state index contributed by atoms with van der Waals surface area (Å²) in [4.78, 5) is 215. The molecule has 12 atom stereocenters. The number of aliphatic carboxylic acids is 1. The quantitative estimate of drug-likeness (QED) is 0.0170. The van der Waals surface area contributed by atoms with Gasteiger partial charge in [0.1, 0.15) is 67.0 Å². The van der Waals surface area contributed by atoms with Crippen LogP contribution in [0.15, 0.2) is 107 Å². The standard InChI is InChI=1S/C79H111N21O19S/c1-44(2)41-59-74(112)91-54(24-31-80)69(107)90-57(27-34-83)73(111)97-66(45(3)101)76(114)88-36-28-58(72(110)89-55(25-32-81)71(109)95-60(75(113)94-59)42-47-13-7-6-8-14-47)92-70(108)56(26-33-82)93-77(115)67(46(4)102)96-64(104)30-40-119-65(105)29-38-99(39-37-87-63(103)23-21-52(84)78(116)117)79(118)100-61-43-49(120-62-17-10-9-16-51(62)68(106)85-5)19-20-50(61)53(98-100)22-18-48-15-11-12-35-86-48/h6-20,22,35,43-46,52,54-60,66-67,101-102H,21,23-34,36-42,80-84H2,1-5H3,(H,85,106)(H,87,103)(H,88,114)(H,89,110)(H,90,107)(H,91,112)(H,92,108)(H,93,115)(H,94,113)(H,95,109)(H,96,104)(H,97,111)(H,116,117)/b22-18+/t45-,46-,52+,54+,55+,56+,57+,58+,59+,60-,66+,67+/m1/s1. The zero-order valence-electron chi connectivity index (χ0n) is 67.5. The fourth-order valence-corrected chi connectivity index (χ4v) is 13.3. The van der Waals surface area contributed by atoms with Gasteiger partial charge in [-0.2, -0.15) is 9.78 Å². The van der Waals surface area contributed by atoms with Gasteiger partial charge >= 0.3 is 18.0 Å². The number of hydrogen-bond donors (Lipinski definition) is 20. The number of nitrogens with two attached hydrogens (primary N) is 5. The number of carboxylic acids is 1. The number of benzene rings is 3. The first kappa shape index (κ1) is 97.0. The predicted octanol–water partition coefficient (Wildman–Crippen LogP) is -3.66. The Morgan fingerprint density at radius 2 is 1.27 bits per heavy atom. The van der Waals surface area contributed by atoms with E-state index in [9.17, 15) is 87.2 Å². The average molecular weight is 1690 g/mol. The minimum absolute atomic E-state index is 0.00753. The van der Waals surface area contributed by atoms with Crippen LogP contribution in [0.25, 0.3) is 23.1 Å². The number of carbonyl (C=O) groups excluding carboxylic acids is 14. The Hall–Kier alpha value is -11.9. The smallest absolute Gasteiger partial charge is 0.345 e. The summed E-state index contributed by atoms with van der Waals surface area (Å²) >= 11 is 1.24. The lowest BCUT2D eigenvalue weighted by molar-refractivity contribution is -0.145. The summed E-state index contributed by atoms with van der Waals surface area (Å²) in [5.74, 6) is -13.3. The number of aliphatic hydroxyl groups is 2. The zero-order valence-corrected chi connectivity index (χ0v) is 68.3. The molecule has 3 heterocycles. The van der Waals surface area contributed by atoms with E-state index in [0.717, 1.165) is 11.6 Å². The molecule has 25 N–H and O–H groups in total. The van der Waals surface area contributed by atoms with Gasteiger partial charge in [-0.3, -0.25) is 72.1 Å². The molecule has 6 rings (SSSR count). The Balaban J connectivity index is 1.21. The number of pyridine rings is 1. The number of amides is 13. The lowest BCUT2D eigenvalue weighted by Gasteiger charge is -2.28. The lowest BCUT2D eigenvalue weighted by atomic mass is 10.00. The molecule has 5 aromatic rings. The number of fused-ring (bicyclic) bond motifs is 1. The summed E-state index contributed by atoms with van der Waals surface area (Å²) in [5.41, 5.74) is 31.5. The maximum absolute atomic E-state index is 15.0. The van der Waals surface area contributed by atoms with Crippen LogP contribution in [0.1, 0.15) is 119 Å². The summed E-state index contributed by atoms with van der Waals surface area (Å²) in [6, 6.07) is 9.48. The maximum Gasteiger partial charge on any atom is 0.345 e. The molecule has 13 amide bonds. The normalized spacial score (nSPS) is 19.2. The Morgan fingerprint density at radius 3 is 1.88 bits per heavy atom. The van der Waals surface area contributed by atoms with Crippen molar-refractivity contribution in [3.63, 3.8) is 0 Å². The van der Waals surface area contributed by atoms with E-state index in [0.29, 0.717) is 43.2 Å². The fraction of sp³-hybridized carbons (Fsp3) is 0.481. The zero-order chi connectivity index (χ0) is 88.1. The van der Waals surface area contributed by atoms with Crippen LogP contribution in [0.2, 0.25) is 0 Å². The molecule has 41 heteroatoms. The van der Waals surface area contributed by atoms with Crippen LogP contribution in [0.4, 0.5) is 4.79 Å². The summed E-state index contributed by atoms with van der Waals surface area (Å²) in [6.45, 7) is 2.96. The molecule has 0 radical (unpaired) electrons. The van der Waals surface area contributed by atoms with Gasteiger partial charge in [0.15, 0.2) is 0 Å². The van der Waals surface area contributed by atoms with Crippen LogP contribution in [0, 0.1) is 5.92 Å². The van der Waals surface area contributed by atoms with Gasteiger partial charge in [-0.1, -0.05) is 74.1 Å². The molecule has 0 spiro atoms. The highest BCUT2D eigenvalue weighted by atomic mass is 32.2. The number of hydrogen-bond acceptors (Lipinski definition) is 26. The molecule has 1 saturated heterocycles. The van der Waals surface area contributed by atoms with Gasteiger partial charge in [0.05, 0.1) is 47.5 Å². The monoisotopic (exact) mass is 1690 g/mol. The minimum atomic E-state index is -1.83. The molecule has 40 nitrogen and oxygen atoms in total. The first-order valence-electron chi connectivity index (χ1n) is 39.3. The van der Waals surface area contributed by atoms with E-state index in [1.807, 2.05) is 0 Å². The van der Waals surface area contributed by atoms with Crippen molar-refractivity contribution < 1.29 is 92.0 Å². The van der Waals surface area contributed by atoms with E-state index in [1.165, 1.54) is 30.6 Å². The number of carboxylic acid groups (broad SMARTS) is 1. The molecule has 0 unspecified atom stereocenters. The van der Waals surface area contributed by atoms with Crippen LogP contribution >= 0.6 is 11.8 Å². The number of carbonyl (C=O) groups is 15.